The fraction of sp³-hybridized carbons (Fsp3) is 0.389. The van der Waals surface area contributed by atoms with E-state index in [0.717, 1.165) is 0 Å². The normalized spacial score (nSPS) is 10.7. The number of hydrogen-bond donors (Lipinski definition) is 1. The Bertz CT molecular complexity index is 708. The number of carbonyl (C=O) groups is 2. The first kappa shape index (κ1) is 17.7. The lowest BCUT2D eigenvalue weighted by Crippen LogP contribution is -2.42. The van der Waals surface area contributed by atoms with Gasteiger partial charge in [0.25, 0.3) is 5.91 Å². The van der Waals surface area contributed by atoms with Crippen molar-refractivity contribution in [3.63, 3.8) is 0 Å². The minimum absolute atomic E-state index is 0.0346. The summed E-state index contributed by atoms with van der Waals surface area (Å²) in [5, 5.41) is 2.80. The lowest BCUT2D eigenvalue weighted by atomic mass is 10.1. The van der Waals surface area contributed by atoms with Gasteiger partial charge < -0.3 is 14.6 Å². The summed E-state index contributed by atoms with van der Waals surface area (Å²) < 4.78 is 5.32. The molecule has 24 heavy (non-hydrogen) atoms. The smallest absolute Gasteiger partial charge is 0.256 e. The molecule has 0 radical (unpaired) electrons. The van der Waals surface area contributed by atoms with Gasteiger partial charge in [0.15, 0.2) is 5.76 Å². The molecule has 0 fully saturated rings. The number of rotatable bonds is 6. The van der Waals surface area contributed by atoms with E-state index in [-0.39, 0.29) is 24.4 Å². The molecule has 0 bridgehead atoms. The Morgan fingerprint density at radius 3 is 2.58 bits per heavy atom. The molecular formula is C18H23N3O3. The second kappa shape index (κ2) is 7.77. The first-order valence-electron chi connectivity index (χ1n) is 8.02. The van der Waals surface area contributed by atoms with Crippen LogP contribution < -0.4 is 5.32 Å². The topological polar surface area (TPSA) is 75.4 Å². The quantitative estimate of drug-likeness (QED) is 0.884. The van der Waals surface area contributed by atoms with Gasteiger partial charge in [-0.2, -0.15) is 0 Å². The molecule has 0 saturated heterocycles. The van der Waals surface area contributed by atoms with Crippen LogP contribution in [0.4, 0.5) is 0 Å². The minimum atomic E-state index is -0.201. The number of aryl methyl sites for hydroxylation is 1. The highest BCUT2D eigenvalue weighted by atomic mass is 16.3. The summed E-state index contributed by atoms with van der Waals surface area (Å²) in [4.78, 5) is 30.6. The van der Waals surface area contributed by atoms with Crippen LogP contribution in [0.1, 0.15) is 36.8 Å². The molecule has 0 spiro atoms. The molecule has 0 aliphatic rings. The number of carbonyl (C=O) groups excluding carboxylic acids is 2. The van der Waals surface area contributed by atoms with Gasteiger partial charge in [0, 0.05) is 12.6 Å². The maximum absolute atomic E-state index is 12.7. The van der Waals surface area contributed by atoms with Crippen LogP contribution in [0.25, 0.3) is 11.5 Å². The van der Waals surface area contributed by atoms with Crippen molar-refractivity contribution in [2.75, 3.05) is 13.1 Å². The minimum Gasteiger partial charge on any atom is -0.463 e. The third-order valence-electron chi connectivity index (χ3n) is 3.54. The molecule has 0 aliphatic carbocycles. The van der Waals surface area contributed by atoms with E-state index in [2.05, 4.69) is 10.3 Å². The lowest BCUT2D eigenvalue weighted by molar-refractivity contribution is -0.122. The predicted molar refractivity (Wildman–Crippen MR) is 91.5 cm³/mol. The molecule has 0 atom stereocenters. The van der Waals surface area contributed by atoms with Gasteiger partial charge in [0.05, 0.1) is 24.1 Å². The highest BCUT2D eigenvalue weighted by molar-refractivity contribution is 5.97. The Hall–Kier alpha value is -2.63. The van der Waals surface area contributed by atoms with E-state index in [1.807, 2.05) is 26.8 Å². The van der Waals surface area contributed by atoms with Crippen molar-refractivity contribution < 1.29 is 14.0 Å². The zero-order chi connectivity index (χ0) is 17.7. The molecule has 128 valence electrons. The van der Waals surface area contributed by atoms with Crippen LogP contribution in [0.3, 0.4) is 0 Å². The molecule has 0 aromatic carbocycles. The molecule has 1 N–H and O–H groups in total. The van der Waals surface area contributed by atoms with Gasteiger partial charge in [-0.3, -0.25) is 9.59 Å². The average Bonchev–Trinajstić information content (AvgIpc) is 3.05. The molecular weight excluding hydrogens is 306 g/mol. The van der Waals surface area contributed by atoms with Crippen molar-refractivity contribution in [2.45, 2.75) is 33.7 Å². The molecule has 2 amide bonds. The van der Waals surface area contributed by atoms with E-state index in [4.69, 9.17) is 4.42 Å². The summed E-state index contributed by atoms with van der Waals surface area (Å²) in [7, 11) is 0. The Balaban J connectivity index is 2.17. The summed E-state index contributed by atoms with van der Waals surface area (Å²) in [6.07, 6.45) is 1.58. The number of pyridine rings is 1. The molecule has 2 rings (SSSR count). The number of amides is 2. The van der Waals surface area contributed by atoms with Crippen LogP contribution >= 0.6 is 0 Å². The monoisotopic (exact) mass is 329 g/mol. The van der Waals surface area contributed by atoms with Gasteiger partial charge in [0.1, 0.15) is 5.69 Å². The second-order valence-corrected chi connectivity index (χ2v) is 5.85. The van der Waals surface area contributed by atoms with Crippen molar-refractivity contribution in [3.05, 3.63) is 41.8 Å². The van der Waals surface area contributed by atoms with Gasteiger partial charge in [-0.1, -0.05) is 0 Å². The summed E-state index contributed by atoms with van der Waals surface area (Å²) in [5.41, 5.74) is 1.77. The molecule has 2 aromatic heterocycles. The SMILES string of the molecule is CCN(CC(=O)NC(C)C)C(=O)c1ccc(-c2ccco2)nc1C. The zero-order valence-electron chi connectivity index (χ0n) is 14.5. The zero-order valence-corrected chi connectivity index (χ0v) is 14.5. The van der Waals surface area contributed by atoms with Crippen LogP contribution in [-0.2, 0) is 4.79 Å². The number of nitrogens with zero attached hydrogens (tertiary/aromatic N) is 2. The van der Waals surface area contributed by atoms with E-state index in [9.17, 15) is 9.59 Å². The second-order valence-electron chi connectivity index (χ2n) is 5.85. The van der Waals surface area contributed by atoms with E-state index in [1.165, 1.54) is 4.90 Å². The van der Waals surface area contributed by atoms with Crippen LogP contribution in [0.15, 0.2) is 34.9 Å². The van der Waals surface area contributed by atoms with Gasteiger partial charge in [0.2, 0.25) is 5.91 Å². The molecule has 0 unspecified atom stereocenters. The van der Waals surface area contributed by atoms with Crippen molar-refractivity contribution in [1.29, 1.82) is 0 Å². The highest BCUT2D eigenvalue weighted by Crippen LogP contribution is 2.20. The van der Waals surface area contributed by atoms with Crippen LogP contribution in [0, 0.1) is 6.92 Å². The Kier molecular flexibility index (Phi) is 5.73. The maximum Gasteiger partial charge on any atom is 0.256 e. The van der Waals surface area contributed by atoms with Gasteiger partial charge in [-0.15, -0.1) is 0 Å². The summed E-state index contributed by atoms with van der Waals surface area (Å²) in [6.45, 7) is 7.88. The standard InChI is InChI=1S/C18H23N3O3/c1-5-21(11-17(22)19-12(2)3)18(23)14-8-9-15(20-13(14)4)16-7-6-10-24-16/h6-10,12H,5,11H2,1-4H3,(H,19,22). The van der Waals surface area contributed by atoms with Crippen LogP contribution in [0.5, 0.6) is 0 Å². The molecule has 0 saturated carbocycles. The fourth-order valence-corrected chi connectivity index (χ4v) is 2.39. The molecule has 0 aliphatic heterocycles. The van der Waals surface area contributed by atoms with Gasteiger partial charge >= 0.3 is 0 Å². The van der Waals surface area contributed by atoms with E-state index in [1.54, 1.807) is 31.4 Å². The molecule has 6 nitrogen and oxygen atoms in total. The van der Waals surface area contributed by atoms with E-state index < -0.39 is 0 Å². The third kappa shape index (κ3) is 4.22. The highest BCUT2D eigenvalue weighted by Gasteiger charge is 2.20. The number of hydrogen-bond acceptors (Lipinski definition) is 4. The molecule has 2 heterocycles. The van der Waals surface area contributed by atoms with E-state index >= 15 is 0 Å². The molecule has 6 heteroatoms. The van der Waals surface area contributed by atoms with Crippen molar-refractivity contribution in [3.8, 4) is 11.5 Å². The average molecular weight is 329 g/mol. The maximum atomic E-state index is 12.7. The molecule has 2 aromatic rings. The van der Waals surface area contributed by atoms with Gasteiger partial charge in [-0.05, 0) is 52.0 Å². The number of likely N-dealkylation sites (N-methyl/N-ethyl adjacent to an activating group) is 1. The Labute approximate surface area is 141 Å². The first-order valence-corrected chi connectivity index (χ1v) is 8.02. The number of aromatic nitrogens is 1. The third-order valence-corrected chi connectivity index (χ3v) is 3.54. The largest absolute Gasteiger partial charge is 0.463 e. The Morgan fingerprint density at radius 1 is 1.29 bits per heavy atom. The van der Waals surface area contributed by atoms with Gasteiger partial charge in [-0.25, -0.2) is 4.98 Å². The summed E-state index contributed by atoms with van der Waals surface area (Å²) in [6, 6.07) is 7.13. The van der Waals surface area contributed by atoms with Crippen LogP contribution in [-0.4, -0.2) is 40.8 Å². The fourth-order valence-electron chi connectivity index (χ4n) is 2.39. The lowest BCUT2D eigenvalue weighted by Gasteiger charge is -2.22. The van der Waals surface area contributed by atoms with Crippen molar-refractivity contribution in [2.24, 2.45) is 0 Å². The number of furan rings is 1. The predicted octanol–water partition coefficient (Wildman–Crippen LogP) is 2.64. The summed E-state index contributed by atoms with van der Waals surface area (Å²) >= 11 is 0. The summed E-state index contributed by atoms with van der Waals surface area (Å²) in [5.74, 6) is 0.283. The van der Waals surface area contributed by atoms with Crippen LogP contribution in [0.2, 0.25) is 0 Å². The van der Waals surface area contributed by atoms with Crippen molar-refractivity contribution >= 4 is 11.8 Å². The Morgan fingerprint density at radius 2 is 2.04 bits per heavy atom. The number of nitrogens with one attached hydrogen (secondary N) is 1. The van der Waals surface area contributed by atoms with Crippen molar-refractivity contribution in [1.82, 2.24) is 15.2 Å². The van der Waals surface area contributed by atoms with E-state index in [0.29, 0.717) is 29.3 Å². The first-order chi connectivity index (χ1) is 11.4.